The molecule has 2 aromatic rings. The fourth-order valence-electron chi connectivity index (χ4n) is 3.44. The van der Waals surface area contributed by atoms with Crippen LogP contribution in [-0.4, -0.2) is 57.2 Å². The van der Waals surface area contributed by atoms with Crippen molar-refractivity contribution in [2.45, 2.75) is 51.8 Å². The van der Waals surface area contributed by atoms with E-state index in [0.717, 1.165) is 0 Å². The maximum absolute atomic E-state index is 14.4. The molecule has 7 nitrogen and oxygen atoms in total. The first-order chi connectivity index (χ1) is 13.0. The summed E-state index contributed by atoms with van der Waals surface area (Å²) in [4.78, 5) is 28.1. The van der Waals surface area contributed by atoms with E-state index in [1.54, 1.807) is 4.90 Å². The fraction of sp³-hybridized carbons (Fsp3) is 0.556. The Labute approximate surface area is 172 Å². The van der Waals surface area contributed by atoms with Gasteiger partial charge in [-0.1, -0.05) is 11.6 Å². The average Bonchev–Trinajstić information content (AvgIpc) is 2.97. The van der Waals surface area contributed by atoms with Gasteiger partial charge in [0.2, 0.25) is 5.28 Å². The van der Waals surface area contributed by atoms with Crippen LogP contribution >= 0.6 is 23.2 Å². The van der Waals surface area contributed by atoms with Gasteiger partial charge in [0.15, 0.2) is 11.0 Å². The van der Waals surface area contributed by atoms with Crippen LogP contribution < -0.4 is 4.90 Å². The van der Waals surface area contributed by atoms with Gasteiger partial charge >= 0.3 is 6.09 Å². The third-order valence-electron chi connectivity index (χ3n) is 4.77. The molecule has 3 rings (SSSR count). The van der Waals surface area contributed by atoms with E-state index < -0.39 is 11.4 Å². The van der Waals surface area contributed by atoms with Crippen LogP contribution in [0.25, 0.3) is 10.9 Å². The number of pyridine rings is 1. The zero-order valence-electron chi connectivity index (χ0n) is 16.3. The van der Waals surface area contributed by atoms with E-state index in [4.69, 9.17) is 27.9 Å². The molecule has 1 amide bonds. The monoisotopic (exact) mass is 429 g/mol. The fourth-order valence-corrected chi connectivity index (χ4v) is 3.74. The summed E-state index contributed by atoms with van der Waals surface area (Å²) in [5.41, 5.74) is -0.559. The van der Waals surface area contributed by atoms with Crippen LogP contribution in [0.3, 0.4) is 0 Å². The second kappa shape index (κ2) is 7.48. The molecule has 1 aliphatic rings. The molecule has 1 fully saturated rings. The van der Waals surface area contributed by atoms with Crippen molar-refractivity contribution in [3.63, 3.8) is 0 Å². The molecule has 10 heteroatoms. The van der Waals surface area contributed by atoms with E-state index in [-0.39, 0.29) is 34.1 Å². The van der Waals surface area contributed by atoms with Gasteiger partial charge in [0.25, 0.3) is 0 Å². The summed E-state index contributed by atoms with van der Waals surface area (Å²) in [6.07, 6.45) is 1.76. The number of hydrogen-bond donors (Lipinski definition) is 0. The van der Waals surface area contributed by atoms with Crippen LogP contribution in [0.4, 0.5) is 15.0 Å². The number of fused-ring (bicyclic) bond motifs is 1. The number of anilines is 1. The number of rotatable bonds is 2. The van der Waals surface area contributed by atoms with Gasteiger partial charge in [-0.25, -0.2) is 19.2 Å². The highest BCUT2D eigenvalue weighted by Gasteiger charge is 2.39. The molecule has 2 unspecified atom stereocenters. The van der Waals surface area contributed by atoms with E-state index in [1.807, 2.05) is 39.6 Å². The first kappa shape index (κ1) is 20.8. The van der Waals surface area contributed by atoms with Gasteiger partial charge < -0.3 is 14.5 Å². The minimum atomic E-state index is -0.743. The molecule has 0 radical (unpaired) electrons. The molecule has 1 saturated heterocycles. The van der Waals surface area contributed by atoms with Crippen LogP contribution in [0.15, 0.2) is 6.20 Å². The molecule has 0 N–H and O–H groups in total. The van der Waals surface area contributed by atoms with E-state index in [2.05, 4.69) is 15.0 Å². The van der Waals surface area contributed by atoms with Gasteiger partial charge in [0.1, 0.15) is 16.9 Å². The average molecular weight is 430 g/mol. The lowest BCUT2D eigenvalue weighted by Crippen LogP contribution is -2.45. The second-order valence-electron chi connectivity index (χ2n) is 7.82. The van der Waals surface area contributed by atoms with E-state index in [1.165, 1.54) is 6.20 Å². The predicted molar refractivity (Wildman–Crippen MR) is 107 cm³/mol. The summed E-state index contributed by atoms with van der Waals surface area (Å²) >= 11 is 11.8. The SMILES string of the molecule is CC1C(N(C)c2nc(Cl)nc3c(F)c(Cl)ncc23)CCN1C(=O)OC(C)(C)C. The number of likely N-dealkylation sites (tertiary alicyclic amines) is 1. The van der Waals surface area contributed by atoms with Crippen LogP contribution in [0.5, 0.6) is 0 Å². The molecule has 3 heterocycles. The smallest absolute Gasteiger partial charge is 0.410 e. The summed E-state index contributed by atoms with van der Waals surface area (Å²) in [6, 6.07) is -0.214. The molecule has 0 saturated carbocycles. The summed E-state index contributed by atoms with van der Waals surface area (Å²) in [5, 5.41) is 0.0306. The topological polar surface area (TPSA) is 71.5 Å². The highest BCUT2D eigenvalue weighted by atomic mass is 35.5. The highest BCUT2D eigenvalue weighted by Crippen LogP contribution is 2.33. The Balaban J connectivity index is 1.92. The minimum absolute atomic E-state index is 0.0106. The molecule has 152 valence electrons. The third-order valence-corrected chi connectivity index (χ3v) is 5.20. The number of carbonyl (C=O) groups excluding carboxylic acids is 1. The molecule has 0 spiro atoms. The lowest BCUT2D eigenvalue weighted by Gasteiger charge is -2.33. The number of hydrogen-bond acceptors (Lipinski definition) is 6. The number of aromatic nitrogens is 3. The predicted octanol–water partition coefficient (Wildman–Crippen LogP) is 4.30. The first-order valence-corrected chi connectivity index (χ1v) is 9.65. The summed E-state index contributed by atoms with van der Waals surface area (Å²) in [7, 11) is 1.82. The molecular weight excluding hydrogens is 408 g/mol. The van der Waals surface area contributed by atoms with Crippen molar-refractivity contribution < 1.29 is 13.9 Å². The normalized spacial score (nSPS) is 19.9. The van der Waals surface area contributed by atoms with Gasteiger partial charge in [-0.2, -0.15) is 4.98 Å². The number of likely N-dealkylation sites (N-methyl/N-ethyl adjacent to an activating group) is 1. The van der Waals surface area contributed by atoms with Crippen molar-refractivity contribution in [1.29, 1.82) is 0 Å². The third kappa shape index (κ3) is 3.93. The van der Waals surface area contributed by atoms with Gasteiger partial charge in [-0.3, -0.25) is 0 Å². The Morgan fingerprint density at radius 3 is 2.68 bits per heavy atom. The number of nitrogens with zero attached hydrogens (tertiary/aromatic N) is 5. The molecule has 0 aromatic carbocycles. The highest BCUT2D eigenvalue weighted by molar-refractivity contribution is 6.30. The van der Waals surface area contributed by atoms with Crippen LogP contribution in [0.2, 0.25) is 10.4 Å². The summed E-state index contributed by atoms with van der Waals surface area (Å²) < 4.78 is 19.9. The van der Waals surface area contributed by atoms with Gasteiger partial charge in [-0.05, 0) is 45.7 Å². The van der Waals surface area contributed by atoms with Crippen molar-refractivity contribution in [2.24, 2.45) is 0 Å². The van der Waals surface area contributed by atoms with Crippen molar-refractivity contribution >= 4 is 46.0 Å². The molecule has 2 atom stereocenters. The van der Waals surface area contributed by atoms with Crippen molar-refractivity contribution in [1.82, 2.24) is 19.9 Å². The van der Waals surface area contributed by atoms with Crippen LogP contribution in [-0.2, 0) is 4.74 Å². The Morgan fingerprint density at radius 2 is 2.04 bits per heavy atom. The van der Waals surface area contributed by atoms with Gasteiger partial charge in [-0.15, -0.1) is 0 Å². The number of halogens is 3. The second-order valence-corrected chi connectivity index (χ2v) is 8.52. The minimum Gasteiger partial charge on any atom is -0.444 e. The molecule has 1 aliphatic heterocycles. The van der Waals surface area contributed by atoms with Crippen LogP contribution in [0, 0.1) is 5.82 Å². The molecular formula is C18H22Cl2FN5O2. The van der Waals surface area contributed by atoms with E-state index in [0.29, 0.717) is 24.2 Å². The zero-order chi connectivity index (χ0) is 20.8. The Morgan fingerprint density at radius 1 is 1.36 bits per heavy atom. The Hall–Kier alpha value is -1.93. The number of carbonyl (C=O) groups is 1. The lowest BCUT2D eigenvalue weighted by molar-refractivity contribution is 0.0233. The first-order valence-electron chi connectivity index (χ1n) is 8.89. The van der Waals surface area contributed by atoms with E-state index >= 15 is 0 Å². The number of amides is 1. The van der Waals surface area contributed by atoms with Crippen LogP contribution in [0.1, 0.15) is 34.1 Å². The Bertz CT molecular complexity index is 921. The standard InChI is InChI=1S/C18H22Cl2FN5O2/c1-9-11(6-7-26(9)17(27)28-18(2,3)4)25(5)15-10-8-22-14(19)12(21)13(10)23-16(20)24-15/h8-9,11H,6-7H2,1-5H3. The van der Waals surface area contributed by atoms with Crippen molar-refractivity contribution in [3.05, 3.63) is 22.5 Å². The molecule has 2 aromatic heterocycles. The van der Waals surface area contributed by atoms with Crippen molar-refractivity contribution in [2.75, 3.05) is 18.5 Å². The van der Waals surface area contributed by atoms with Gasteiger partial charge in [0.05, 0.1) is 17.5 Å². The van der Waals surface area contributed by atoms with E-state index in [9.17, 15) is 9.18 Å². The maximum atomic E-state index is 14.4. The molecule has 28 heavy (non-hydrogen) atoms. The van der Waals surface area contributed by atoms with Gasteiger partial charge in [0, 0.05) is 19.8 Å². The largest absolute Gasteiger partial charge is 0.444 e. The number of ether oxygens (including phenoxy) is 1. The van der Waals surface area contributed by atoms with Crippen molar-refractivity contribution in [3.8, 4) is 0 Å². The summed E-state index contributed by atoms with van der Waals surface area (Å²) in [5.74, 6) is -0.311. The summed E-state index contributed by atoms with van der Waals surface area (Å²) in [6.45, 7) is 7.98. The maximum Gasteiger partial charge on any atom is 0.410 e. The Kier molecular flexibility index (Phi) is 5.55. The lowest BCUT2D eigenvalue weighted by atomic mass is 10.1. The molecule has 0 bridgehead atoms. The molecule has 0 aliphatic carbocycles. The zero-order valence-corrected chi connectivity index (χ0v) is 17.8. The quantitative estimate of drug-likeness (QED) is 0.523.